The fourth-order valence-corrected chi connectivity index (χ4v) is 6.03. The molecule has 3 unspecified atom stereocenters. The van der Waals surface area contributed by atoms with Gasteiger partial charge < -0.3 is 19.8 Å². The van der Waals surface area contributed by atoms with E-state index in [2.05, 4.69) is 31.3 Å². The van der Waals surface area contributed by atoms with Gasteiger partial charge in [-0.25, -0.2) is 4.57 Å². The number of nitrogens with one attached hydrogen (secondary N) is 1. The Bertz CT molecular complexity index is 829. The average Bonchev–Trinajstić information content (AvgIpc) is 3.01. The predicted molar refractivity (Wildman–Crippen MR) is 198 cm³/mol. The first-order valence-corrected chi connectivity index (χ1v) is 20.7. The Balaban J connectivity index is 4.47. The Morgan fingerprint density at radius 3 is 1.70 bits per heavy atom. The van der Waals surface area contributed by atoms with Gasteiger partial charge in [-0.2, -0.15) is 0 Å². The van der Waals surface area contributed by atoms with Crippen LogP contribution in [0.25, 0.3) is 0 Å². The van der Waals surface area contributed by atoms with Gasteiger partial charge in [0.25, 0.3) is 0 Å². The summed E-state index contributed by atoms with van der Waals surface area (Å²) in [4.78, 5) is 22.8. The van der Waals surface area contributed by atoms with Crippen LogP contribution in [-0.2, 0) is 18.4 Å². The Kier molecular flexibility index (Phi) is 30.3. The first-order chi connectivity index (χ1) is 22.5. The van der Waals surface area contributed by atoms with Crippen LogP contribution in [0.3, 0.4) is 0 Å². The van der Waals surface area contributed by atoms with E-state index in [0.29, 0.717) is 17.4 Å². The molecular weight excluding hydrogens is 611 g/mol. The molecule has 278 valence electrons. The van der Waals surface area contributed by atoms with Gasteiger partial charge >= 0.3 is 7.82 Å². The van der Waals surface area contributed by atoms with Crippen LogP contribution >= 0.6 is 7.82 Å². The number of nitrogens with zero attached hydrogens (tertiary/aromatic N) is 1. The van der Waals surface area contributed by atoms with Crippen molar-refractivity contribution in [1.29, 1.82) is 0 Å². The third kappa shape index (κ3) is 33.3. The summed E-state index contributed by atoms with van der Waals surface area (Å²) < 4.78 is 23.4. The number of hydrogen-bond acceptors (Lipinski definition) is 5. The lowest BCUT2D eigenvalue weighted by molar-refractivity contribution is -0.870. The lowest BCUT2D eigenvalue weighted by Crippen LogP contribution is -2.45. The standard InChI is InChI=1S/C38H75N2O6P/c1-6-8-10-12-14-15-16-17-18-19-20-21-22-23-24-26-27-29-31-37(41)36(35-46-47(43,44)45-34-33-40(3,4)5)39-38(42)32-30-28-25-13-11-9-7-2/h23-24,29,31,36-37,41H,6-22,25-28,30,32-35H2,1-5H3,(H-,39,42,43,44)/p+1/b24-23+,31-29+. The summed E-state index contributed by atoms with van der Waals surface area (Å²) >= 11 is 0. The Hall–Kier alpha value is -1.02. The normalized spacial score (nSPS) is 15.0. The molecule has 0 aliphatic carbocycles. The lowest BCUT2D eigenvalue weighted by atomic mass is 10.0. The minimum atomic E-state index is -4.33. The van der Waals surface area contributed by atoms with Gasteiger partial charge in [-0.1, -0.05) is 147 Å². The van der Waals surface area contributed by atoms with E-state index in [1.54, 1.807) is 6.08 Å². The van der Waals surface area contributed by atoms with E-state index >= 15 is 0 Å². The maximum absolute atomic E-state index is 12.7. The monoisotopic (exact) mass is 688 g/mol. The van der Waals surface area contributed by atoms with Crippen LogP contribution in [0.15, 0.2) is 24.3 Å². The van der Waals surface area contributed by atoms with Crippen molar-refractivity contribution in [3.05, 3.63) is 24.3 Å². The summed E-state index contributed by atoms with van der Waals surface area (Å²) in [5.41, 5.74) is 0. The van der Waals surface area contributed by atoms with Gasteiger partial charge in [0.1, 0.15) is 13.2 Å². The van der Waals surface area contributed by atoms with E-state index in [1.165, 1.54) is 103 Å². The molecule has 0 saturated carbocycles. The number of aliphatic hydroxyl groups is 1. The highest BCUT2D eigenvalue weighted by atomic mass is 31.2. The first-order valence-electron chi connectivity index (χ1n) is 19.2. The quantitative estimate of drug-likeness (QED) is 0.0269. The van der Waals surface area contributed by atoms with Crippen molar-refractivity contribution >= 4 is 13.7 Å². The van der Waals surface area contributed by atoms with Crippen molar-refractivity contribution in [2.24, 2.45) is 0 Å². The molecule has 0 aliphatic rings. The lowest BCUT2D eigenvalue weighted by Gasteiger charge is -2.25. The maximum atomic E-state index is 12.7. The smallest absolute Gasteiger partial charge is 0.387 e. The van der Waals surface area contributed by atoms with E-state index in [1.807, 2.05) is 27.2 Å². The Labute approximate surface area is 290 Å². The number of unbranched alkanes of at least 4 members (excludes halogenated alkanes) is 19. The number of carbonyl (C=O) groups is 1. The molecule has 3 atom stereocenters. The van der Waals surface area contributed by atoms with Crippen molar-refractivity contribution in [3.8, 4) is 0 Å². The fourth-order valence-electron chi connectivity index (χ4n) is 5.29. The van der Waals surface area contributed by atoms with E-state index < -0.39 is 20.0 Å². The number of rotatable bonds is 34. The molecule has 0 aliphatic heterocycles. The summed E-state index contributed by atoms with van der Waals surface area (Å²) in [6.07, 6.45) is 34.1. The van der Waals surface area contributed by atoms with Gasteiger partial charge in [0.15, 0.2) is 0 Å². The highest BCUT2D eigenvalue weighted by Crippen LogP contribution is 2.43. The minimum absolute atomic E-state index is 0.0574. The molecule has 0 spiro atoms. The molecule has 0 bridgehead atoms. The number of phosphoric ester groups is 1. The summed E-state index contributed by atoms with van der Waals surface area (Å²) in [6.45, 7) is 4.73. The van der Waals surface area contributed by atoms with Crippen LogP contribution in [0.2, 0.25) is 0 Å². The number of amides is 1. The zero-order chi connectivity index (χ0) is 35.1. The third-order valence-corrected chi connectivity index (χ3v) is 9.41. The van der Waals surface area contributed by atoms with Crippen LogP contribution in [0.4, 0.5) is 0 Å². The Morgan fingerprint density at radius 2 is 1.17 bits per heavy atom. The molecule has 0 fully saturated rings. The number of aliphatic hydroxyl groups excluding tert-OH is 1. The van der Waals surface area contributed by atoms with E-state index in [0.717, 1.165) is 38.5 Å². The molecule has 0 aromatic heterocycles. The summed E-state index contributed by atoms with van der Waals surface area (Å²) in [6, 6.07) is -0.855. The zero-order valence-corrected chi connectivity index (χ0v) is 32.2. The molecule has 8 nitrogen and oxygen atoms in total. The SMILES string of the molecule is CCCCCCCCCCCCCC/C=C/CC/C=C/C(O)C(COP(=O)(O)OCC[N+](C)(C)C)NC(=O)CCCCCCCCC. The molecule has 9 heteroatoms. The van der Waals surface area contributed by atoms with Gasteiger partial charge in [-0.05, 0) is 32.1 Å². The number of likely N-dealkylation sites (N-methyl/N-ethyl adjacent to an activating group) is 1. The van der Waals surface area contributed by atoms with Crippen molar-refractivity contribution in [3.63, 3.8) is 0 Å². The maximum Gasteiger partial charge on any atom is 0.472 e. The second-order valence-electron chi connectivity index (χ2n) is 14.3. The van der Waals surface area contributed by atoms with E-state index in [9.17, 15) is 19.4 Å². The van der Waals surface area contributed by atoms with Crippen molar-refractivity contribution in [2.75, 3.05) is 40.9 Å². The predicted octanol–water partition coefficient (Wildman–Crippen LogP) is 9.80. The summed E-state index contributed by atoms with van der Waals surface area (Å²) in [7, 11) is 1.55. The molecule has 0 radical (unpaired) electrons. The topological polar surface area (TPSA) is 105 Å². The summed E-state index contributed by atoms with van der Waals surface area (Å²) in [5.74, 6) is -0.195. The fraction of sp³-hybridized carbons (Fsp3) is 0.868. The second kappa shape index (κ2) is 31.0. The molecule has 47 heavy (non-hydrogen) atoms. The average molecular weight is 688 g/mol. The molecule has 0 heterocycles. The van der Waals surface area contributed by atoms with E-state index in [4.69, 9.17) is 9.05 Å². The van der Waals surface area contributed by atoms with Gasteiger partial charge in [0, 0.05) is 6.42 Å². The van der Waals surface area contributed by atoms with Crippen LogP contribution in [0.1, 0.15) is 162 Å². The van der Waals surface area contributed by atoms with Gasteiger partial charge in [0.05, 0.1) is 39.9 Å². The minimum Gasteiger partial charge on any atom is -0.387 e. The van der Waals surface area contributed by atoms with Crippen molar-refractivity contribution in [1.82, 2.24) is 5.32 Å². The molecular formula is C38H76N2O6P+. The van der Waals surface area contributed by atoms with Crippen molar-refractivity contribution in [2.45, 2.75) is 174 Å². The number of quaternary nitrogens is 1. The highest BCUT2D eigenvalue weighted by Gasteiger charge is 2.27. The highest BCUT2D eigenvalue weighted by molar-refractivity contribution is 7.47. The van der Waals surface area contributed by atoms with Crippen LogP contribution < -0.4 is 5.32 Å². The van der Waals surface area contributed by atoms with E-state index in [-0.39, 0.29) is 19.1 Å². The molecule has 0 rings (SSSR count). The third-order valence-electron chi connectivity index (χ3n) is 8.42. The largest absolute Gasteiger partial charge is 0.472 e. The number of phosphoric acid groups is 1. The van der Waals surface area contributed by atoms with Gasteiger partial charge in [-0.3, -0.25) is 13.8 Å². The summed E-state index contributed by atoms with van der Waals surface area (Å²) in [5, 5.41) is 13.7. The number of allylic oxidation sites excluding steroid dienone is 3. The van der Waals surface area contributed by atoms with Crippen molar-refractivity contribution < 1.29 is 32.9 Å². The Morgan fingerprint density at radius 1 is 0.702 bits per heavy atom. The molecule has 1 amide bonds. The van der Waals surface area contributed by atoms with Gasteiger partial charge in [-0.15, -0.1) is 0 Å². The molecule has 0 aromatic carbocycles. The molecule has 0 saturated heterocycles. The second-order valence-corrected chi connectivity index (χ2v) is 15.8. The number of hydrogen-bond donors (Lipinski definition) is 3. The van der Waals surface area contributed by atoms with Crippen LogP contribution in [-0.4, -0.2) is 73.4 Å². The number of carbonyl (C=O) groups excluding carboxylic acids is 1. The van der Waals surface area contributed by atoms with Crippen LogP contribution in [0, 0.1) is 0 Å². The first kappa shape index (κ1) is 46.0. The van der Waals surface area contributed by atoms with Gasteiger partial charge in [0.2, 0.25) is 5.91 Å². The van der Waals surface area contributed by atoms with Crippen LogP contribution in [0.5, 0.6) is 0 Å². The zero-order valence-electron chi connectivity index (χ0n) is 31.3. The molecule has 0 aromatic rings. The molecule has 3 N–H and O–H groups in total.